The Balaban J connectivity index is 1.48. The molecule has 0 aromatic heterocycles. The predicted molar refractivity (Wildman–Crippen MR) is 131 cm³/mol. The Kier molecular flexibility index (Phi) is 7.10. The van der Waals surface area contributed by atoms with Crippen molar-refractivity contribution in [1.82, 2.24) is 5.32 Å². The molecule has 3 aromatic carbocycles. The molecule has 0 saturated carbocycles. The molecule has 4 rings (SSSR count). The summed E-state index contributed by atoms with van der Waals surface area (Å²) >= 11 is 6.25. The van der Waals surface area contributed by atoms with E-state index in [1.807, 2.05) is 49.4 Å². The summed E-state index contributed by atoms with van der Waals surface area (Å²) in [5.74, 6) is 0.0190. The van der Waals surface area contributed by atoms with Crippen molar-refractivity contribution < 1.29 is 14.3 Å². The number of fused-ring (bicyclic) bond motifs is 1. The van der Waals surface area contributed by atoms with Crippen LogP contribution in [-0.2, 0) is 16.0 Å². The van der Waals surface area contributed by atoms with Gasteiger partial charge in [-0.2, -0.15) is 0 Å². The summed E-state index contributed by atoms with van der Waals surface area (Å²) in [7, 11) is 0. The van der Waals surface area contributed by atoms with Crippen LogP contribution < -0.4 is 15.0 Å². The van der Waals surface area contributed by atoms with Crippen molar-refractivity contribution in [2.75, 3.05) is 11.4 Å². The Morgan fingerprint density at radius 3 is 2.52 bits per heavy atom. The Labute approximate surface area is 198 Å². The average molecular weight is 461 g/mol. The number of benzene rings is 3. The van der Waals surface area contributed by atoms with Crippen molar-refractivity contribution in [3.05, 3.63) is 101 Å². The fraction of sp³-hybridized carbons (Fsp3) is 0.185. The summed E-state index contributed by atoms with van der Waals surface area (Å²) in [4.78, 5) is 27.5. The molecule has 1 heterocycles. The largest absolute Gasteiger partial charge is 0.449 e. The van der Waals surface area contributed by atoms with E-state index >= 15 is 0 Å². The van der Waals surface area contributed by atoms with Gasteiger partial charge >= 0.3 is 0 Å². The van der Waals surface area contributed by atoms with Crippen molar-refractivity contribution in [2.24, 2.45) is 0 Å². The monoisotopic (exact) mass is 460 g/mol. The number of carbonyl (C=O) groups is 2. The standard InChI is InChI=1S/C27H25ClN2O3/c1-19(15-16-20-9-3-2-4-10-20)29-26(31)18-30-23-13-7-8-14-24(23)33-25(27(30)32)17-21-11-5-6-12-22(21)28/h2-14,17,19H,15-16,18H2,1H3,(H,29,31)/b25-17+/t19-/m1/s1. The van der Waals surface area contributed by atoms with Crippen molar-refractivity contribution in [2.45, 2.75) is 25.8 Å². The number of amides is 2. The summed E-state index contributed by atoms with van der Waals surface area (Å²) in [5, 5.41) is 3.52. The highest BCUT2D eigenvalue weighted by molar-refractivity contribution is 6.32. The van der Waals surface area contributed by atoms with E-state index in [0.717, 1.165) is 12.8 Å². The van der Waals surface area contributed by atoms with E-state index in [1.165, 1.54) is 10.5 Å². The molecule has 3 aromatic rings. The Morgan fingerprint density at radius 1 is 1.03 bits per heavy atom. The van der Waals surface area contributed by atoms with Crippen LogP contribution in [0.25, 0.3) is 6.08 Å². The highest BCUT2D eigenvalue weighted by Gasteiger charge is 2.31. The molecule has 0 fully saturated rings. The molecule has 0 saturated heterocycles. The first-order chi connectivity index (χ1) is 16.0. The molecule has 0 aliphatic carbocycles. The van der Waals surface area contributed by atoms with E-state index in [0.29, 0.717) is 22.0 Å². The smallest absolute Gasteiger partial charge is 0.294 e. The number of ether oxygens (including phenoxy) is 1. The molecule has 1 aliphatic heterocycles. The third kappa shape index (κ3) is 5.62. The second-order valence-corrected chi connectivity index (χ2v) is 8.39. The summed E-state index contributed by atoms with van der Waals surface area (Å²) < 4.78 is 5.86. The predicted octanol–water partition coefficient (Wildman–Crippen LogP) is 5.24. The van der Waals surface area contributed by atoms with Crippen molar-refractivity contribution in [1.29, 1.82) is 0 Å². The number of nitrogens with zero attached hydrogens (tertiary/aromatic N) is 1. The normalized spacial score (nSPS) is 15.0. The number of anilines is 1. The molecule has 0 bridgehead atoms. The third-order valence-electron chi connectivity index (χ3n) is 5.44. The molecular formula is C27H25ClN2O3. The topological polar surface area (TPSA) is 58.6 Å². The molecular weight excluding hydrogens is 436 g/mol. The number of nitrogens with one attached hydrogen (secondary N) is 1. The van der Waals surface area contributed by atoms with Gasteiger partial charge in [-0.15, -0.1) is 0 Å². The molecule has 1 aliphatic rings. The molecule has 33 heavy (non-hydrogen) atoms. The van der Waals surface area contributed by atoms with E-state index in [4.69, 9.17) is 16.3 Å². The molecule has 6 heteroatoms. The summed E-state index contributed by atoms with van der Waals surface area (Å²) in [6.07, 6.45) is 3.28. The van der Waals surface area contributed by atoms with Crippen molar-refractivity contribution >= 4 is 35.2 Å². The summed E-state index contributed by atoms with van der Waals surface area (Å²) in [6.45, 7) is 1.87. The van der Waals surface area contributed by atoms with E-state index in [9.17, 15) is 9.59 Å². The zero-order chi connectivity index (χ0) is 23.2. The summed E-state index contributed by atoms with van der Waals surface area (Å²) in [6, 6.07) is 24.5. The number of hydrogen-bond acceptors (Lipinski definition) is 3. The van der Waals surface area contributed by atoms with Crippen LogP contribution in [0.3, 0.4) is 0 Å². The van der Waals surface area contributed by atoms with Gasteiger partial charge in [0.1, 0.15) is 6.54 Å². The quantitative estimate of drug-likeness (QED) is 0.490. The van der Waals surface area contributed by atoms with E-state index in [1.54, 1.807) is 30.3 Å². The van der Waals surface area contributed by atoms with E-state index < -0.39 is 0 Å². The highest BCUT2D eigenvalue weighted by Crippen LogP contribution is 2.35. The van der Waals surface area contributed by atoms with Crippen molar-refractivity contribution in [3.8, 4) is 5.75 Å². The molecule has 2 amide bonds. The maximum atomic E-state index is 13.2. The van der Waals surface area contributed by atoms with Gasteiger partial charge in [0.15, 0.2) is 11.5 Å². The minimum Gasteiger partial charge on any atom is -0.449 e. The fourth-order valence-corrected chi connectivity index (χ4v) is 3.91. The number of aryl methyl sites for hydroxylation is 1. The van der Waals surface area contributed by atoms with Crippen molar-refractivity contribution in [3.63, 3.8) is 0 Å². The van der Waals surface area contributed by atoms with Crippen LogP contribution in [0.2, 0.25) is 5.02 Å². The van der Waals surface area contributed by atoms with Gasteiger partial charge in [-0.25, -0.2) is 0 Å². The van der Waals surface area contributed by atoms with Gasteiger partial charge in [-0.1, -0.05) is 72.3 Å². The Morgan fingerprint density at radius 2 is 1.73 bits per heavy atom. The third-order valence-corrected chi connectivity index (χ3v) is 5.79. The number of carbonyl (C=O) groups excluding carboxylic acids is 2. The number of halogens is 1. The van der Waals surface area contributed by atoms with Gasteiger partial charge in [0.25, 0.3) is 5.91 Å². The van der Waals surface area contributed by atoms with Crippen LogP contribution in [0.4, 0.5) is 5.69 Å². The van der Waals surface area contributed by atoms with Gasteiger partial charge in [-0.05, 0) is 55.2 Å². The zero-order valence-electron chi connectivity index (χ0n) is 18.3. The van der Waals surface area contributed by atoms with Gasteiger partial charge in [-0.3, -0.25) is 14.5 Å². The maximum absolute atomic E-state index is 13.2. The number of hydrogen-bond donors (Lipinski definition) is 1. The lowest BCUT2D eigenvalue weighted by Gasteiger charge is -2.30. The van der Waals surface area contributed by atoms with Crippen LogP contribution in [-0.4, -0.2) is 24.4 Å². The first-order valence-electron chi connectivity index (χ1n) is 10.9. The first-order valence-corrected chi connectivity index (χ1v) is 11.3. The lowest BCUT2D eigenvalue weighted by Crippen LogP contribution is -2.46. The SMILES string of the molecule is C[C@H](CCc1ccccc1)NC(=O)CN1C(=O)/C(=C\c2ccccc2Cl)Oc2ccccc21. The number of para-hydroxylation sites is 2. The van der Waals surface area contributed by atoms with Crippen LogP contribution >= 0.6 is 11.6 Å². The summed E-state index contributed by atoms with van der Waals surface area (Å²) in [5.41, 5.74) is 2.46. The molecule has 1 N–H and O–H groups in total. The minimum atomic E-state index is -0.388. The van der Waals surface area contributed by atoms with Crippen LogP contribution in [0, 0.1) is 0 Å². The van der Waals surface area contributed by atoms with Crippen LogP contribution in [0.15, 0.2) is 84.6 Å². The molecule has 0 unspecified atom stereocenters. The maximum Gasteiger partial charge on any atom is 0.294 e. The van der Waals surface area contributed by atoms with Crippen LogP contribution in [0.1, 0.15) is 24.5 Å². The highest BCUT2D eigenvalue weighted by atomic mass is 35.5. The second-order valence-electron chi connectivity index (χ2n) is 7.98. The Hall–Kier alpha value is -3.57. The Bertz CT molecular complexity index is 1180. The van der Waals surface area contributed by atoms with Gasteiger partial charge < -0.3 is 10.1 Å². The fourth-order valence-electron chi connectivity index (χ4n) is 3.72. The molecule has 1 atom stereocenters. The van der Waals surface area contributed by atoms with Crippen LogP contribution in [0.5, 0.6) is 5.75 Å². The zero-order valence-corrected chi connectivity index (χ0v) is 19.1. The lowest BCUT2D eigenvalue weighted by atomic mass is 10.1. The molecule has 0 radical (unpaired) electrons. The van der Waals surface area contributed by atoms with Gasteiger partial charge in [0, 0.05) is 11.1 Å². The average Bonchev–Trinajstić information content (AvgIpc) is 2.82. The number of rotatable bonds is 7. The molecule has 0 spiro atoms. The van der Waals surface area contributed by atoms with Gasteiger partial charge in [0.2, 0.25) is 5.91 Å². The molecule has 5 nitrogen and oxygen atoms in total. The van der Waals surface area contributed by atoms with E-state index in [2.05, 4.69) is 17.4 Å². The van der Waals surface area contributed by atoms with Gasteiger partial charge in [0.05, 0.1) is 5.69 Å². The molecule has 168 valence electrons. The first kappa shape index (κ1) is 22.6. The second kappa shape index (κ2) is 10.4. The lowest BCUT2D eigenvalue weighted by molar-refractivity contribution is -0.123. The minimum absolute atomic E-state index is 0.0257. The van der Waals surface area contributed by atoms with E-state index in [-0.39, 0.29) is 30.2 Å².